The van der Waals surface area contributed by atoms with Gasteiger partial charge in [0.25, 0.3) is 0 Å². The molecule has 0 bridgehead atoms. The van der Waals surface area contributed by atoms with E-state index in [1.165, 1.54) is 12.5 Å². The summed E-state index contributed by atoms with van der Waals surface area (Å²) in [7, 11) is 0. The lowest BCUT2D eigenvalue weighted by molar-refractivity contribution is 0.259. The zero-order valence-electron chi connectivity index (χ0n) is 15.4. The van der Waals surface area contributed by atoms with Gasteiger partial charge in [-0.05, 0) is 43.4 Å². The predicted molar refractivity (Wildman–Crippen MR) is 119 cm³/mol. The van der Waals surface area contributed by atoms with Crippen molar-refractivity contribution in [2.75, 3.05) is 39.0 Å². The van der Waals surface area contributed by atoms with Crippen molar-refractivity contribution in [3.05, 3.63) is 41.7 Å². The van der Waals surface area contributed by atoms with Crippen LogP contribution in [0.25, 0.3) is 0 Å². The third-order valence-corrected chi connectivity index (χ3v) is 5.64. The van der Waals surface area contributed by atoms with Gasteiger partial charge < -0.3 is 10.2 Å². The Hall–Kier alpha value is -0.800. The van der Waals surface area contributed by atoms with Crippen molar-refractivity contribution in [2.45, 2.75) is 30.8 Å². The van der Waals surface area contributed by atoms with E-state index >= 15 is 0 Å². The number of nitrogens with one attached hydrogen (secondary N) is 1. The van der Waals surface area contributed by atoms with Gasteiger partial charge in [-0.2, -0.15) is 0 Å². The van der Waals surface area contributed by atoms with Gasteiger partial charge in [-0.3, -0.25) is 4.90 Å². The molecule has 0 aromatic heterocycles. The van der Waals surface area contributed by atoms with Gasteiger partial charge in [-0.15, -0.1) is 35.7 Å². The minimum atomic E-state index is -0.198. The van der Waals surface area contributed by atoms with E-state index in [9.17, 15) is 4.39 Å². The molecule has 0 spiro atoms. The number of benzene rings is 1. The molecule has 26 heavy (non-hydrogen) atoms. The maximum absolute atomic E-state index is 13.6. The first-order valence-electron chi connectivity index (χ1n) is 8.96. The molecule has 7 heteroatoms. The molecule has 0 saturated carbocycles. The highest BCUT2D eigenvalue weighted by molar-refractivity contribution is 14.0. The standard InChI is InChI=1S/C19H27FN4S.HI/c1-3-21-19(22-13-15-12-16(20)6-7-18(15)25-2)24-11-8-17(14-24)23-9-4-5-10-23;/h4-7,12,17H,3,8-11,13-14H2,1-2H3,(H,21,22);1H. The summed E-state index contributed by atoms with van der Waals surface area (Å²) in [5.74, 6) is 0.740. The molecular weight excluding hydrogens is 462 g/mol. The lowest BCUT2D eigenvalue weighted by Crippen LogP contribution is -2.42. The topological polar surface area (TPSA) is 30.9 Å². The molecular formula is C19H28FIN4S. The van der Waals surface area contributed by atoms with E-state index in [0.717, 1.165) is 49.1 Å². The second-order valence-electron chi connectivity index (χ2n) is 6.44. The second kappa shape index (κ2) is 10.5. The fraction of sp³-hybridized carbons (Fsp3) is 0.526. The molecule has 2 aliphatic rings. The van der Waals surface area contributed by atoms with Gasteiger partial charge in [0, 0.05) is 43.7 Å². The first kappa shape index (κ1) is 21.5. The van der Waals surface area contributed by atoms with E-state index in [4.69, 9.17) is 4.99 Å². The van der Waals surface area contributed by atoms with Crippen LogP contribution in [0.4, 0.5) is 4.39 Å². The molecule has 3 rings (SSSR count). The Balaban J connectivity index is 0.00000243. The van der Waals surface area contributed by atoms with E-state index in [1.807, 2.05) is 12.3 Å². The number of aliphatic imine (C=N–C) groups is 1. The number of rotatable bonds is 5. The highest BCUT2D eigenvalue weighted by Crippen LogP contribution is 2.23. The minimum absolute atomic E-state index is 0. The molecule has 1 atom stereocenters. The third kappa shape index (κ3) is 5.36. The van der Waals surface area contributed by atoms with Gasteiger partial charge in [-0.25, -0.2) is 9.38 Å². The van der Waals surface area contributed by atoms with Gasteiger partial charge in [-0.1, -0.05) is 12.2 Å². The van der Waals surface area contributed by atoms with Crippen LogP contribution in [0.1, 0.15) is 18.9 Å². The van der Waals surface area contributed by atoms with Crippen LogP contribution in [0.15, 0.2) is 40.2 Å². The van der Waals surface area contributed by atoms with Gasteiger partial charge in [0.05, 0.1) is 6.54 Å². The summed E-state index contributed by atoms with van der Waals surface area (Å²) in [5, 5.41) is 3.40. The maximum Gasteiger partial charge on any atom is 0.194 e. The molecule has 1 unspecified atom stereocenters. The summed E-state index contributed by atoms with van der Waals surface area (Å²) >= 11 is 1.64. The smallest absolute Gasteiger partial charge is 0.194 e. The number of hydrogen-bond donors (Lipinski definition) is 1. The van der Waals surface area contributed by atoms with Gasteiger partial charge in [0.2, 0.25) is 0 Å². The van der Waals surface area contributed by atoms with Gasteiger partial charge in [0.15, 0.2) is 5.96 Å². The Morgan fingerprint density at radius 3 is 2.81 bits per heavy atom. The van der Waals surface area contributed by atoms with Crippen LogP contribution in [0, 0.1) is 5.82 Å². The zero-order valence-corrected chi connectivity index (χ0v) is 18.6. The van der Waals surface area contributed by atoms with E-state index in [1.54, 1.807) is 17.8 Å². The van der Waals surface area contributed by atoms with Crippen molar-refractivity contribution >= 4 is 41.7 Å². The van der Waals surface area contributed by atoms with Crippen LogP contribution in [0.5, 0.6) is 0 Å². The Kier molecular flexibility index (Phi) is 8.69. The highest BCUT2D eigenvalue weighted by Gasteiger charge is 2.29. The number of nitrogens with zero attached hydrogens (tertiary/aromatic N) is 3. The largest absolute Gasteiger partial charge is 0.357 e. The summed E-state index contributed by atoms with van der Waals surface area (Å²) in [6.45, 7) is 7.58. The Bertz CT molecular complexity index is 644. The van der Waals surface area contributed by atoms with Crippen molar-refractivity contribution in [1.29, 1.82) is 0 Å². The van der Waals surface area contributed by atoms with Crippen LogP contribution in [-0.4, -0.2) is 60.8 Å². The van der Waals surface area contributed by atoms with Crippen LogP contribution >= 0.6 is 35.7 Å². The summed E-state index contributed by atoms with van der Waals surface area (Å²) in [4.78, 5) is 10.7. The molecule has 0 radical (unpaired) electrons. The summed E-state index contributed by atoms with van der Waals surface area (Å²) < 4.78 is 13.6. The molecule has 2 heterocycles. The van der Waals surface area contributed by atoms with Crippen molar-refractivity contribution < 1.29 is 4.39 Å². The lowest BCUT2D eigenvalue weighted by Gasteiger charge is -2.25. The van der Waals surface area contributed by atoms with Crippen LogP contribution in [0.2, 0.25) is 0 Å². The Morgan fingerprint density at radius 1 is 1.35 bits per heavy atom. The number of thioether (sulfide) groups is 1. The molecule has 2 aliphatic heterocycles. The average Bonchev–Trinajstić information content (AvgIpc) is 3.29. The molecule has 1 fully saturated rings. The van der Waals surface area contributed by atoms with E-state index in [0.29, 0.717) is 12.6 Å². The van der Waals surface area contributed by atoms with E-state index in [-0.39, 0.29) is 29.8 Å². The summed E-state index contributed by atoms with van der Waals surface area (Å²) in [5.41, 5.74) is 0.947. The molecule has 1 saturated heterocycles. The van der Waals surface area contributed by atoms with Crippen molar-refractivity contribution in [2.24, 2.45) is 4.99 Å². The van der Waals surface area contributed by atoms with E-state index in [2.05, 4.69) is 34.2 Å². The average molecular weight is 490 g/mol. The first-order chi connectivity index (χ1) is 12.2. The quantitative estimate of drug-likeness (QED) is 0.225. The number of guanidine groups is 1. The molecule has 0 amide bonds. The molecule has 1 aromatic rings. The van der Waals surface area contributed by atoms with Crippen LogP contribution < -0.4 is 5.32 Å². The van der Waals surface area contributed by atoms with Gasteiger partial charge >= 0.3 is 0 Å². The summed E-state index contributed by atoms with van der Waals surface area (Å²) in [6.07, 6.45) is 7.68. The molecule has 1 aromatic carbocycles. The second-order valence-corrected chi connectivity index (χ2v) is 7.29. The Morgan fingerprint density at radius 2 is 2.12 bits per heavy atom. The minimum Gasteiger partial charge on any atom is -0.357 e. The maximum atomic E-state index is 13.6. The number of likely N-dealkylation sites (tertiary alicyclic amines) is 1. The lowest BCUT2D eigenvalue weighted by atomic mass is 10.2. The fourth-order valence-electron chi connectivity index (χ4n) is 3.48. The normalized spacial score (nSPS) is 20.5. The fourth-order valence-corrected chi connectivity index (χ4v) is 4.07. The predicted octanol–water partition coefficient (Wildman–Crippen LogP) is 3.58. The van der Waals surface area contributed by atoms with E-state index < -0.39 is 0 Å². The van der Waals surface area contributed by atoms with Crippen molar-refractivity contribution in [3.8, 4) is 0 Å². The molecule has 4 nitrogen and oxygen atoms in total. The molecule has 144 valence electrons. The Labute approximate surface area is 177 Å². The third-order valence-electron chi connectivity index (χ3n) is 4.80. The number of halogens is 2. The number of hydrogen-bond acceptors (Lipinski definition) is 3. The zero-order chi connectivity index (χ0) is 17.6. The summed E-state index contributed by atoms with van der Waals surface area (Å²) in [6, 6.07) is 5.54. The van der Waals surface area contributed by atoms with Crippen molar-refractivity contribution in [3.63, 3.8) is 0 Å². The monoisotopic (exact) mass is 490 g/mol. The molecule has 1 N–H and O–H groups in total. The highest BCUT2D eigenvalue weighted by atomic mass is 127. The first-order valence-corrected chi connectivity index (χ1v) is 10.2. The van der Waals surface area contributed by atoms with Crippen LogP contribution in [0.3, 0.4) is 0 Å². The van der Waals surface area contributed by atoms with Crippen LogP contribution in [-0.2, 0) is 6.54 Å². The molecule has 0 aliphatic carbocycles. The van der Waals surface area contributed by atoms with Gasteiger partial charge in [0.1, 0.15) is 5.82 Å². The van der Waals surface area contributed by atoms with Crippen molar-refractivity contribution in [1.82, 2.24) is 15.1 Å². The SMILES string of the molecule is CCNC(=NCc1cc(F)ccc1SC)N1CCC(N2CC=CC2)C1.I.